The molecule has 0 atom stereocenters. The van der Waals surface area contributed by atoms with Crippen molar-refractivity contribution in [1.29, 1.82) is 0 Å². The molecule has 2 aromatic carbocycles. The van der Waals surface area contributed by atoms with Crippen LogP contribution < -0.4 is 10.7 Å². The second kappa shape index (κ2) is 8.28. The number of benzene rings is 2. The maximum Gasteiger partial charge on any atom is 0.337 e. The molecule has 1 aromatic heterocycles. The molecule has 1 N–H and O–H groups in total. The Kier molecular flexibility index (Phi) is 5.79. The number of aryl methyl sites for hydroxylation is 2. The van der Waals surface area contributed by atoms with Gasteiger partial charge in [-0.05, 0) is 43.7 Å². The molecule has 8 heteroatoms. The first-order valence-electron chi connectivity index (χ1n) is 8.68. The van der Waals surface area contributed by atoms with Crippen molar-refractivity contribution in [2.24, 2.45) is 0 Å². The smallest absolute Gasteiger partial charge is 0.337 e. The second-order valence-electron chi connectivity index (χ2n) is 6.34. The number of anilines is 1. The monoisotopic (exact) mass is 411 g/mol. The number of esters is 1. The van der Waals surface area contributed by atoms with Crippen LogP contribution in [-0.4, -0.2) is 28.8 Å². The van der Waals surface area contributed by atoms with Gasteiger partial charge in [0.15, 0.2) is 5.69 Å². The highest BCUT2D eigenvalue weighted by molar-refractivity contribution is 6.32. The molecule has 3 aromatic rings. The summed E-state index contributed by atoms with van der Waals surface area (Å²) in [4.78, 5) is 36.9. The van der Waals surface area contributed by atoms with Crippen LogP contribution in [0.2, 0.25) is 5.02 Å². The standard InChI is InChI=1S/C21H18ClN3O4/c1-12-8-9-14(21(28)29-3)11-16(12)23-20(27)19-18(26)10-13(2)25(24-19)17-7-5-4-6-15(17)22/h4-11H,1-3H3,(H,23,27). The number of carbonyl (C=O) groups excluding carboxylic acids is 2. The Labute approximate surface area is 171 Å². The number of nitrogens with one attached hydrogen (secondary N) is 1. The Bertz CT molecular complexity index is 1170. The van der Waals surface area contributed by atoms with Crippen molar-refractivity contribution >= 4 is 29.2 Å². The lowest BCUT2D eigenvalue weighted by Gasteiger charge is -2.13. The van der Waals surface area contributed by atoms with Crippen LogP contribution in [0.4, 0.5) is 5.69 Å². The number of carbonyl (C=O) groups is 2. The van der Waals surface area contributed by atoms with E-state index in [1.165, 1.54) is 23.9 Å². The number of ether oxygens (including phenoxy) is 1. The van der Waals surface area contributed by atoms with E-state index in [2.05, 4.69) is 10.4 Å². The van der Waals surface area contributed by atoms with Crippen molar-refractivity contribution in [3.05, 3.63) is 86.3 Å². The Balaban J connectivity index is 2.01. The van der Waals surface area contributed by atoms with Gasteiger partial charge in [0.2, 0.25) is 5.43 Å². The summed E-state index contributed by atoms with van der Waals surface area (Å²) in [5, 5.41) is 7.29. The third-order valence-corrected chi connectivity index (χ3v) is 4.63. The lowest BCUT2D eigenvalue weighted by Crippen LogP contribution is -2.27. The van der Waals surface area contributed by atoms with Crippen LogP contribution in [0.5, 0.6) is 0 Å². The van der Waals surface area contributed by atoms with E-state index in [-0.39, 0.29) is 11.3 Å². The zero-order valence-corrected chi connectivity index (χ0v) is 16.8. The van der Waals surface area contributed by atoms with Gasteiger partial charge >= 0.3 is 5.97 Å². The molecule has 0 saturated heterocycles. The normalized spacial score (nSPS) is 10.5. The fraction of sp³-hybridized carbons (Fsp3) is 0.143. The van der Waals surface area contributed by atoms with Crippen LogP contribution in [0.3, 0.4) is 0 Å². The first-order valence-corrected chi connectivity index (χ1v) is 9.06. The van der Waals surface area contributed by atoms with E-state index >= 15 is 0 Å². The fourth-order valence-corrected chi connectivity index (χ4v) is 2.97. The molecular weight excluding hydrogens is 394 g/mol. The van der Waals surface area contributed by atoms with E-state index in [0.717, 1.165) is 0 Å². The van der Waals surface area contributed by atoms with Crippen LogP contribution >= 0.6 is 11.6 Å². The van der Waals surface area contributed by atoms with E-state index < -0.39 is 17.3 Å². The zero-order chi connectivity index (χ0) is 21.1. The molecule has 0 spiro atoms. The highest BCUT2D eigenvalue weighted by Gasteiger charge is 2.18. The van der Waals surface area contributed by atoms with Crippen molar-refractivity contribution in [2.45, 2.75) is 13.8 Å². The molecule has 0 aliphatic rings. The van der Waals surface area contributed by atoms with Gasteiger partial charge in [0.05, 0.1) is 23.4 Å². The maximum atomic E-state index is 12.8. The van der Waals surface area contributed by atoms with Gasteiger partial charge in [0.1, 0.15) is 0 Å². The van der Waals surface area contributed by atoms with Crippen molar-refractivity contribution in [2.75, 3.05) is 12.4 Å². The van der Waals surface area contributed by atoms with Crippen molar-refractivity contribution in [3.8, 4) is 5.69 Å². The molecule has 29 heavy (non-hydrogen) atoms. The minimum atomic E-state index is -0.694. The zero-order valence-electron chi connectivity index (χ0n) is 16.0. The van der Waals surface area contributed by atoms with Gasteiger partial charge in [0, 0.05) is 17.4 Å². The summed E-state index contributed by atoms with van der Waals surface area (Å²) in [6.07, 6.45) is 0. The van der Waals surface area contributed by atoms with Crippen LogP contribution in [0.15, 0.2) is 53.3 Å². The summed E-state index contributed by atoms with van der Waals surface area (Å²) in [5.74, 6) is -1.23. The molecule has 0 unspecified atom stereocenters. The van der Waals surface area contributed by atoms with E-state index in [0.29, 0.717) is 27.7 Å². The fourth-order valence-electron chi connectivity index (χ4n) is 2.76. The molecule has 0 radical (unpaired) electrons. The molecule has 0 saturated carbocycles. The molecule has 0 aliphatic heterocycles. The topological polar surface area (TPSA) is 90.3 Å². The second-order valence-corrected chi connectivity index (χ2v) is 6.74. The van der Waals surface area contributed by atoms with Crippen molar-refractivity contribution in [1.82, 2.24) is 9.78 Å². The van der Waals surface area contributed by atoms with Gasteiger partial charge < -0.3 is 10.1 Å². The Morgan fingerprint density at radius 3 is 2.52 bits per heavy atom. The Morgan fingerprint density at radius 1 is 1.10 bits per heavy atom. The minimum Gasteiger partial charge on any atom is -0.465 e. The van der Waals surface area contributed by atoms with Gasteiger partial charge in [-0.2, -0.15) is 5.10 Å². The quantitative estimate of drug-likeness (QED) is 0.663. The van der Waals surface area contributed by atoms with Crippen molar-refractivity contribution in [3.63, 3.8) is 0 Å². The van der Waals surface area contributed by atoms with Gasteiger partial charge in [-0.25, -0.2) is 9.48 Å². The third-order valence-electron chi connectivity index (χ3n) is 4.31. The van der Waals surface area contributed by atoms with Gasteiger partial charge in [-0.3, -0.25) is 9.59 Å². The summed E-state index contributed by atoms with van der Waals surface area (Å²) >= 11 is 6.23. The van der Waals surface area contributed by atoms with Crippen LogP contribution in [0.25, 0.3) is 5.69 Å². The molecular formula is C21H18ClN3O4. The van der Waals surface area contributed by atoms with E-state index in [1.54, 1.807) is 50.2 Å². The molecule has 148 valence electrons. The van der Waals surface area contributed by atoms with Crippen molar-refractivity contribution < 1.29 is 14.3 Å². The largest absolute Gasteiger partial charge is 0.465 e. The third kappa shape index (κ3) is 4.20. The van der Waals surface area contributed by atoms with E-state index in [1.807, 2.05) is 0 Å². The van der Waals surface area contributed by atoms with E-state index in [4.69, 9.17) is 16.3 Å². The summed E-state index contributed by atoms with van der Waals surface area (Å²) < 4.78 is 6.14. The molecule has 1 heterocycles. The lowest BCUT2D eigenvalue weighted by molar-refractivity contribution is 0.0600. The van der Waals surface area contributed by atoms with E-state index in [9.17, 15) is 14.4 Å². The molecule has 7 nitrogen and oxygen atoms in total. The average molecular weight is 412 g/mol. The summed E-state index contributed by atoms with van der Waals surface area (Å²) in [6, 6.07) is 13.0. The number of hydrogen-bond donors (Lipinski definition) is 1. The number of methoxy groups -OCH3 is 1. The number of para-hydroxylation sites is 1. The molecule has 1 amide bonds. The van der Waals surface area contributed by atoms with Gasteiger partial charge in [-0.15, -0.1) is 0 Å². The van der Waals surface area contributed by atoms with Crippen LogP contribution in [0.1, 0.15) is 32.1 Å². The minimum absolute atomic E-state index is 0.277. The maximum absolute atomic E-state index is 12.8. The number of hydrogen-bond acceptors (Lipinski definition) is 5. The molecule has 0 bridgehead atoms. The Hall–Kier alpha value is -3.45. The first kappa shape index (κ1) is 20.3. The molecule has 0 fully saturated rings. The van der Waals surface area contributed by atoms with Gasteiger partial charge in [0.25, 0.3) is 5.91 Å². The number of rotatable bonds is 4. The predicted molar refractivity (Wildman–Crippen MR) is 110 cm³/mol. The molecule has 0 aliphatic carbocycles. The lowest BCUT2D eigenvalue weighted by atomic mass is 10.1. The average Bonchev–Trinajstić information content (AvgIpc) is 2.69. The van der Waals surface area contributed by atoms with Crippen LogP contribution in [-0.2, 0) is 4.74 Å². The number of amides is 1. The first-order chi connectivity index (χ1) is 13.8. The number of halogens is 1. The Morgan fingerprint density at radius 2 is 1.83 bits per heavy atom. The highest BCUT2D eigenvalue weighted by Crippen LogP contribution is 2.21. The summed E-state index contributed by atoms with van der Waals surface area (Å²) in [7, 11) is 1.27. The SMILES string of the molecule is COC(=O)c1ccc(C)c(NC(=O)c2nn(-c3ccccc3Cl)c(C)cc2=O)c1. The highest BCUT2D eigenvalue weighted by atomic mass is 35.5. The summed E-state index contributed by atoms with van der Waals surface area (Å²) in [6.45, 7) is 3.46. The predicted octanol–water partition coefficient (Wildman–Crippen LogP) is 3.54. The van der Waals surface area contributed by atoms with Crippen LogP contribution in [0, 0.1) is 13.8 Å². The summed E-state index contributed by atoms with van der Waals surface area (Å²) in [5.41, 5.74) is 1.63. The number of aromatic nitrogens is 2. The molecule has 3 rings (SSSR count). The van der Waals surface area contributed by atoms with Gasteiger partial charge in [-0.1, -0.05) is 29.8 Å². The number of nitrogens with zero attached hydrogens (tertiary/aromatic N) is 2.